The summed E-state index contributed by atoms with van der Waals surface area (Å²) in [4.78, 5) is 9.37. The van der Waals surface area contributed by atoms with Gasteiger partial charge >= 0.3 is 0 Å². The van der Waals surface area contributed by atoms with Gasteiger partial charge < -0.3 is 9.80 Å². The Balaban J connectivity index is 1.56. The third-order valence-electron chi connectivity index (χ3n) is 4.69. The molecule has 24 heavy (non-hydrogen) atoms. The lowest BCUT2D eigenvalue weighted by atomic mass is 10.1. The molecule has 1 aliphatic rings. The molecule has 0 N–H and O–H groups in total. The summed E-state index contributed by atoms with van der Waals surface area (Å²) in [6.07, 6.45) is 0. The van der Waals surface area contributed by atoms with Crippen molar-refractivity contribution in [3.05, 3.63) is 66.0 Å². The zero-order valence-electron chi connectivity index (χ0n) is 13.7. The number of rotatable bonds is 2. The second kappa shape index (κ2) is 6.11. The molecule has 0 unspecified atom stereocenters. The fourth-order valence-corrected chi connectivity index (χ4v) is 3.35. The Morgan fingerprint density at radius 2 is 1.58 bits per heavy atom. The fraction of sp³-hybridized carbons (Fsp3) is 0.250. The largest absolute Gasteiger partial charge is 0.368 e. The minimum absolute atomic E-state index is 0.236. The van der Waals surface area contributed by atoms with E-state index in [0.29, 0.717) is 0 Å². The zero-order chi connectivity index (χ0) is 16.5. The third-order valence-corrected chi connectivity index (χ3v) is 4.69. The number of nitrogens with zero attached hydrogens (tertiary/aromatic N) is 3. The molecule has 3 nitrogen and oxygen atoms in total. The first kappa shape index (κ1) is 14.9. The number of pyridine rings is 1. The number of piperazine rings is 1. The molecular formula is C20H20FN3. The molecular weight excluding hydrogens is 301 g/mol. The van der Waals surface area contributed by atoms with Crippen molar-refractivity contribution in [2.45, 2.75) is 6.92 Å². The molecule has 1 aromatic heterocycles. The highest BCUT2D eigenvalue weighted by molar-refractivity contribution is 5.84. The van der Waals surface area contributed by atoms with Gasteiger partial charge in [0.25, 0.3) is 0 Å². The van der Waals surface area contributed by atoms with E-state index < -0.39 is 0 Å². The van der Waals surface area contributed by atoms with Crippen molar-refractivity contribution in [3.63, 3.8) is 0 Å². The Bertz CT molecular complexity index is 855. The van der Waals surface area contributed by atoms with Gasteiger partial charge in [0.15, 0.2) is 0 Å². The molecule has 1 aliphatic heterocycles. The number of benzene rings is 2. The van der Waals surface area contributed by atoms with Crippen LogP contribution in [0, 0.1) is 12.7 Å². The van der Waals surface area contributed by atoms with Gasteiger partial charge in [-0.25, -0.2) is 9.37 Å². The second-order valence-corrected chi connectivity index (χ2v) is 6.27. The minimum Gasteiger partial charge on any atom is -0.368 e. The summed E-state index contributed by atoms with van der Waals surface area (Å²) in [6.45, 7) is 5.83. The standard InChI is InChI=1S/C20H20FN3/c1-15-13-20(22-19-14-16(21)7-8-18(15)19)24-11-9-23(10-12-24)17-5-3-2-4-6-17/h2-8,13-14H,9-12H2,1H3. The number of hydrogen-bond acceptors (Lipinski definition) is 3. The smallest absolute Gasteiger partial charge is 0.129 e. The van der Waals surface area contributed by atoms with Crippen molar-refractivity contribution >= 4 is 22.4 Å². The van der Waals surface area contributed by atoms with Crippen molar-refractivity contribution in [1.29, 1.82) is 0 Å². The number of para-hydroxylation sites is 1. The van der Waals surface area contributed by atoms with E-state index in [9.17, 15) is 4.39 Å². The molecule has 0 atom stereocenters. The highest BCUT2D eigenvalue weighted by atomic mass is 19.1. The maximum Gasteiger partial charge on any atom is 0.129 e. The van der Waals surface area contributed by atoms with Gasteiger partial charge in [-0.3, -0.25) is 0 Å². The van der Waals surface area contributed by atoms with E-state index in [1.807, 2.05) is 12.1 Å². The van der Waals surface area contributed by atoms with Crippen LogP contribution in [0.1, 0.15) is 5.56 Å². The summed E-state index contributed by atoms with van der Waals surface area (Å²) in [5.41, 5.74) is 3.14. The lowest BCUT2D eigenvalue weighted by Gasteiger charge is -2.37. The first-order valence-corrected chi connectivity index (χ1v) is 8.32. The van der Waals surface area contributed by atoms with Crippen molar-refractivity contribution in [1.82, 2.24) is 4.98 Å². The summed E-state index contributed by atoms with van der Waals surface area (Å²) >= 11 is 0. The van der Waals surface area contributed by atoms with Gasteiger partial charge in [0, 0.05) is 43.3 Å². The molecule has 3 aromatic rings. The summed E-state index contributed by atoms with van der Waals surface area (Å²) in [6, 6.07) is 17.4. The molecule has 2 heterocycles. The zero-order valence-corrected chi connectivity index (χ0v) is 13.7. The molecule has 122 valence electrons. The molecule has 2 aromatic carbocycles. The molecule has 0 radical (unpaired) electrons. The van der Waals surface area contributed by atoms with Gasteiger partial charge in [-0.15, -0.1) is 0 Å². The lowest BCUT2D eigenvalue weighted by molar-refractivity contribution is 0.629. The molecule has 4 rings (SSSR count). The van der Waals surface area contributed by atoms with Crippen LogP contribution in [-0.4, -0.2) is 31.2 Å². The third kappa shape index (κ3) is 2.80. The monoisotopic (exact) mass is 321 g/mol. The summed E-state index contributed by atoms with van der Waals surface area (Å²) < 4.78 is 13.5. The molecule has 4 heteroatoms. The molecule has 0 saturated carbocycles. The van der Waals surface area contributed by atoms with E-state index in [1.54, 1.807) is 0 Å². The molecule has 0 spiro atoms. The number of halogens is 1. The van der Waals surface area contributed by atoms with Crippen LogP contribution in [0.5, 0.6) is 0 Å². The number of fused-ring (bicyclic) bond motifs is 1. The van der Waals surface area contributed by atoms with E-state index in [-0.39, 0.29) is 5.82 Å². The number of aryl methyl sites for hydroxylation is 1. The topological polar surface area (TPSA) is 19.4 Å². The quantitative estimate of drug-likeness (QED) is 0.711. The first-order valence-electron chi connectivity index (χ1n) is 8.32. The van der Waals surface area contributed by atoms with Gasteiger partial charge in [0.05, 0.1) is 5.52 Å². The van der Waals surface area contributed by atoms with Crippen LogP contribution in [0.15, 0.2) is 54.6 Å². The Hall–Kier alpha value is -2.62. The normalized spacial score (nSPS) is 15.1. The van der Waals surface area contributed by atoms with Crippen LogP contribution >= 0.6 is 0 Å². The fourth-order valence-electron chi connectivity index (χ4n) is 3.35. The molecule has 0 aliphatic carbocycles. The van der Waals surface area contributed by atoms with Gasteiger partial charge in [0.1, 0.15) is 11.6 Å². The minimum atomic E-state index is -0.236. The maximum absolute atomic E-state index is 13.5. The second-order valence-electron chi connectivity index (χ2n) is 6.27. The predicted octanol–water partition coefficient (Wildman–Crippen LogP) is 4.01. The molecule has 1 fully saturated rings. The summed E-state index contributed by atoms with van der Waals surface area (Å²) in [5.74, 6) is 0.707. The van der Waals surface area contributed by atoms with Gasteiger partial charge in [-0.1, -0.05) is 18.2 Å². The Labute approximate surface area is 141 Å². The van der Waals surface area contributed by atoms with Crippen molar-refractivity contribution in [2.75, 3.05) is 36.0 Å². The van der Waals surface area contributed by atoms with Crippen molar-refractivity contribution in [2.24, 2.45) is 0 Å². The highest BCUT2D eigenvalue weighted by Crippen LogP contribution is 2.25. The van der Waals surface area contributed by atoms with Crippen molar-refractivity contribution in [3.8, 4) is 0 Å². The average molecular weight is 321 g/mol. The van der Waals surface area contributed by atoms with Crippen LogP contribution in [-0.2, 0) is 0 Å². The van der Waals surface area contributed by atoms with E-state index >= 15 is 0 Å². The Morgan fingerprint density at radius 3 is 2.33 bits per heavy atom. The van der Waals surface area contributed by atoms with E-state index in [0.717, 1.165) is 48.5 Å². The molecule has 0 bridgehead atoms. The van der Waals surface area contributed by atoms with Crippen molar-refractivity contribution < 1.29 is 4.39 Å². The summed E-state index contributed by atoms with van der Waals surface area (Å²) in [7, 11) is 0. The first-order chi connectivity index (χ1) is 11.7. The Morgan fingerprint density at radius 1 is 0.875 bits per heavy atom. The molecule has 0 amide bonds. The lowest BCUT2D eigenvalue weighted by Crippen LogP contribution is -2.46. The number of aromatic nitrogens is 1. The highest BCUT2D eigenvalue weighted by Gasteiger charge is 2.19. The molecule has 1 saturated heterocycles. The number of anilines is 2. The Kier molecular flexibility index (Phi) is 3.81. The van der Waals surface area contributed by atoms with Crippen LogP contribution in [0.25, 0.3) is 10.9 Å². The van der Waals surface area contributed by atoms with E-state index in [1.165, 1.54) is 17.8 Å². The van der Waals surface area contributed by atoms with E-state index in [2.05, 4.69) is 52.0 Å². The average Bonchev–Trinajstić information content (AvgIpc) is 2.62. The van der Waals surface area contributed by atoms with Gasteiger partial charge in [-0.2, -0.15) is 0 Å². The predicted molar refractivity (Wildman–Crippen MR) is 97.3 cm³/mol. The summed E-state index contributed by atoms with van der Waals surface area (Å²) in [5, 5.41) is 1.02. The van der Waals surface area contributed by atoms with Crippen LogP contribution in [0.3, 0.4) is 0 Å². The van der Waals surface area contributed by atoms with Crippen LogP contribution in [0.4, 0.5) is 15.9 Å². The van der Waals surface area contributed by atoms with Crippen LogP contribution < -0.4 is 9.80 Å². The van der Waals surface area contributed by atoms with Gasteiger partial charge in [0.2, 0.25) is 0 Å². The van der Waals surface area contributed by atoms with Crippen LogP contribution in [0.2, 0.25) is 0 Å². The van der Waals surface area contributed by atoms with Gasteiger partial charge in [-0.05, 0) is 42.8 Å². The van der Waals surface area contributed by atoms with E-state index in [4.69, 9.17) is 0 Å². The SMILES string of the molecule is Cc1cc(N2CCN(c3ccccc3)CC2)nc2cc(F)ccc12. The number of hydrogen-bond donors (Lipinski definition) is 0. The maximum atomic E-state index is 13.5.